The lowest BCUT2D eigenvalue weighted by Gasteiger charge is -2.30. The first-order valence-corrected chi connectivity index (χ1v) is 8.56. The number of esters is 1. The molecule has 1 fully saturated rings. The standard InChI is InChI=1S/C18H24N2O5/c1-12(14-3-4-15-16(9-14)25-11-24-15)19-17(21)10-20-7-5-13(6-8-20)18(22)23-2/h3-4,9,12-13H,5-8,10-11H2,1-2H3,(H,19,21)/t12-/m1/s1. The van der Waals surface area contributed by atoms with Crippen LogP contribution in [0.4, 0.5) is 0 Å². The Balaban J connectivity index is 1.47. The minimum atomic E-state index is -0.152. The van der Waals surface area contributed by atoms with E-state index in [0.29, 0.717) is 12.3 Å². The van der Waals surface area contributed by atoms with Gasteiger partial charge in [-0.3, -0.25) is 14.5 Å². The van der Waals surface area contributed by atoms with Gasteiger partial charge < -0.3 is 19.5 Å². The Labute approximate surface area is 147 Å². The molecule has 3 rings (SSSR count). The van der Waals surface area contributed by atoms with E-state index in [4.69, 9.17) is 14.2 Å². The van der Waals surface area contributed by atoms with Crippen LogP contribution in [0.2, 0.25) is 0 Å². The normalized spacial score (nSPS) is 18.6. The number of rotatable bonds is 5. The number of nitrogens with zero attached hydrogens (tertiary/aromatic N) is 1. The largest absolute Gasteiger partial charge is 0.469 e. The van der Waals surface area contributed by atoms with Crippen molar-refractivity contribution in [3.8, 4) is 11.5 Å². The van der Waals surface area contributed by atoms with E-state index in [-0.39, 0.29) is 30.6 Å². The van der Waals surface area contributed by atoms with E-state index < -0.39 is 0 Å². The molecule has 1 aromatic carbocycles. The molecule has 7 nitrogen and oxygen atoms in total. The summed E-state index contributed by atoms with van der Waals surface area (Å²) in [6.07, 6.45) is 1.47. The van der Waals surface area contributed by atoms with Gasteiger partial charge in [-0.05, 0) is 50.6 Å². The molecule has 0 spiro atoms. The van der Waals surface area contributed by atoms with Crippen LogP contribution in [0.3, 0.4) is 0 Å². The van der Waals surface area contributed by atoms with Crippen molar-refractivity contribution >= 4 is 11.9 Å². The maximum absolute atomic E-state index is 12.3. The molecule has 2 aliphatic rings. The van der Waals surface area contributed by atoms with Gasteiger partial charge in [0.05, 0.1) is 25.6 Å². The van der Waals surface area contributed by atoms with Crippen molar-refractivity contribution in [1.82, 2.24) is 10.2 Å². The maximum Gasteiger partial charge on any atom is 0.308 e. The number of likely N-dealkylation sites (tertiary alicyclic amines) is 1. The number of ether oxygens (including phenoxy) is 3. The van der Waals surface area contributed by atoms with Crippen LogP contribution >= 0.6 is 0 Å². The van der Waals surface area contributed by atoms with Gasteiger partial charge in [0, 0.05) is 0 Å². The van der Waals surface area contributed by atoms with Crippen molar-refractivity contribution in [3.05, 3.63) is 23.8 Å². The van der Waals surface area contributed by atoms with Crippen molar-refractivity contribution < 1.29 is 23.8 Å². The number of nitrogens with one attached hydrogen (secondary N) is 1. The van der Waals surface area contributed by atoms with Crippen molar-refractivity contribution in [3.63, 3.8) is 0 Å². The van der Waals surface area contributed by atoms with Crippen LogP contribution in [-0.4, -0.2) is 50.3 Å². The Morgan fingerprint density at radius 1 is 1.28 bits per heavy atom. The fourth-order valence-corrected chi connectivity index (χ4v) is 3.25. The van der Waals surface area contributed by atoms with E-state index in [0.717, 1.165) is 37.2 Å². The number of methoxy groups -OCH3 is 1. The zero-order valence-corrected chi connectivity index (χ0v) is 14.6. The van der Waals surface area contributed by atoms with Crippen LogP contribution in [0.25, 0.3) is 0 Å². The maximum atomic E-state index is 12.3. The average Bonchev–Trinajstić information content (AvgIpc) is 3.09. The number of carbonyl (C=O) groups is 2. The number of hydrogen-bond acceptors (Lipinski definition) is 6. The smallest absolute Gasteiger partial charge is 0.308 e. The van der Waals surface area contributed by atoms with Crippen molar-refractivity contribution in [2.45, 2.75) is 25.8 Å². The van der Waals surface area contributed by atoms with E-state index in [2.05, 4.69) is 10.2 Å². The van der Waals surface area contributed by atoms with Gasteiger partial charge in [0.15, 0.2) is 11.5 Å². The summed E-state index contributed by atoms with van der Waals surface area (Å²) >= 11 is 0. The lowest BCUT2D eigenvalue weighted by atomic mass is 9.97. The summed E-state index contributed by atoms with van der Waals surface area (Å²) in [4.78, 5) is 25.9. The first kappa shape index (κ1) is 17.5. The monoisotopic (exact) mass is 348 g/mol. The topological polar surface area (TPSA) is 77.1 Å². The van der Waals surface area contributed by atoms with Crippen LogP contribution in [0.15, 0.2) is 18.2 Å². The summed E-state index contributed by atoms with van der Waals surface area (Å²) in [6, 6.07) is 5.57. The van der Waals surface area contributed by atoms with Crippen LogP contribution < -0.4 is 14.8 Å². The fourth-order valence-electron chi connectivity index (χ4n) is 3.25. The number of carbonyl (C=O) groups excluding carboxylic acids is 2. The number of amides is 1. The minimum absolute atomic E-state index is 0.0262. The van der Waals surface area contributed by atoms with Crippen LogP contribution in [0.1, 0.15) is 31.4 Å². The van der Waals surface area contributed by atoms with Gasteiger partial charge in [-0.2, -0.15) is 0 Å². The summed E-state index contributed by atoms with van der Waals surface area (Å²) in [5.74, 6) is 1.22. The molecule has 7 heteroatoms. The average molecular weight is 348 g/mol. The Morgan fingerprint density at radius 2 is 2.00 bits per heavy atom. The third kappa shape index (κ3) is 4.22. The lowest BCUT2D eigenvalue weighted by molar-refractivity contribution is -0.147. The van der Waals surface area contributed by atoms with Crippen LogP contribution in [0, 0.1) is 5.92 Å². The third-order valence-electron chi connectivity index (χ3n) is 4.76. The lowest BCUT2D eigenvalue weighted by Crippen LogP contribution is -2.43. The zero-order chi connectivity index (χ0) is 17.8. The molecule has 0 aromatic heterocycles. The molecule has 1 N–H and O–H groups in total. The van der Waals surface area contributed by atoms with Crippen molar-refractivity contribution in [2.75, 3.05) is 33.5 Å². The van der Waals surface area contributed by atoms with Gasteiger partial charge in [0.2, 0.25) is 12.7 Å². The van der Waals surface area contributed by atoms with E-state index in [1.165, 1.54) is 7.11 Å². The van der Waals surface area contributed by atoms with Gasteiger partial charge in [-0.15, -0.1) is 0 Å². The molecule has 0 saturated carbocycles. The minimum Gasteiger partial charge on any atom is -0.469 e. The number of piperidine rings is 1. The number of fused-ring (bicyclic) bond motifs is 1. The molecule has 1 amide bonds. The quantitative estimate of drug-likeness (QED) is 0.812. The fraction of sp³-hybridized carbons (Fsp3) is 0.556. The molecule has 25 heavy (non-hydrogen) atoms. The van der Waals surface area contributed by atoms with E-state index in [1.54, 1.807) is 0 Å². The molecule has 0 unspecified atom stereocenters. The van der Waals surface area contributed by atoms with E-state index >= 15 is 0 Å². The highest BCUT2D eigenvalue weighted by Crippen LogP contribution is 2.34. The third-order valence-corrected chi connectivity index (χ3v) is 4.76. The summed E-state index contributed by atoms with van der Waals surface area (Å²) in [5.41, 5.74) is 0.974. The van der Waals surface area contributed by atoms with Crippen LogP contribution in [0.5, 0.6) is 11.5 Å². The summed E-state index contributed by atoms with van der Waals surface area (Å²) in [6.45, 7) is 3.97. The van der Waals surface area contributed by atoms with Crippen molar-refractivity contribution in [2.24, 2.45) is 5.92 Å². The van der Waals surface area contributed by atoms with Crippen LogP contribution in [-0.2, 0) is 14.3 Å². The van der Waals surface area contributed by atoms with Gasteiger partial charge in [0.1, 0.15) is 0 Å². The molecule has 0 radical (unpaired) electrons. The predicted octanol–water partition coefficient (Wildman–Crippen LogP) is 1.48. The summed E-state index contributed by atoms with van der Waals surface area (Å²) < 4.78 is 15.5. The van der Waals surface area contributed by atoms with E-state index in [9.17, 15) is 9.59 Å². The highest BCUT2D eigenvalue weighted by atomic mass is 16.7. The second-order valence-corrected chi connectivity index (χ2v) is 6.48. The van der Waals surface area contributed by atoms with Gasteiger partial charge in [0.25, 0.3) is 0 Å². The first-order chi connectivity index (χ1) is 12.1. The predicted molar refractivity (Wildman–Crippen MR) is 90.3 cm³/mol. The number of hydrogen-bond donors (Lipinski definition) is 1. The molecular formula is C18H24N2O5. The molecule has 2 heterocycles. The molecule has 0 bridgehead atoms. The van der Waals surface area contributed by atoms with E-state index in [1.807, 2.05) is 25.1 Å². The Bertz CT molecular complexity index is 640. The Hall–Kier alpha value is -2.28. The second kappa shape index (κ2) is 7.74. The first-order valence-electron chi connectivity index (χ1n) is 8.56. The van der Waals surface area contributed by atoms with Gasteiger partial charge in [-0.1, -0.05) is 6.07 Å². The number of benzene rings is 1. The molecule has 1 saturated heterocycles. The highest BCUT2D eigenvalue weighted by Gasteiger charge is 2.26. The van der Waals surface area contributed by atoms with Crippen molar-refractivity contribution in [1.29, 1.82) is 0 Å². The molecule has 136 valence electrons. The van der Waals surface area contributed by atoms with Gasteiger partial charge >= 0.3 is 5.97 Å². The second-order valence-electron chi connectivity index (χ2n) is 6.48. The molecule has 1 atom stereocenters. The molecule has 2 aliphatic heterocycles. The summed E-state index contributed by atoms with van der Waals surface area (Å²) in [5, 5.41) is 3.01. The highest BCUT2D eigenvalue weighted by molar-refractivity contribution is 5.78. The van der Waals surface area contributed by atoms with Gasteiger partial charge in [-0.25, -0.2) is 0 Å². The Morgan fingerprint density at radius 3 is 2.72 bits per heavy atom. The molecular weight excluding hydrogens is 324 g/mol. The zero-order valence-electron chi connectivity index (χ0n) is 14.6. The summed E-state index contributed by atoms with van der Waals surface area (Å²) in [7, 11) is 1.42. The molecule has 0 aliphatic carbocycles. The molecule has 1 aromatic rings. The SMILES string of the molecule is COC(=O)C1CCN(CC(=O)N[C@H](C)c2ccc3c(c2)OCO3)CC1. The Kier molecular flexibility index (Phi) is 5.43.